The molecule has 1 atom stereocenters. The fourth-order valence-corrected chi connectivity index (χ4v) is 0.486. The third-order valence-electron chi connectivity index (χ3n) is 1.17. The van der Waals surface area contributed by atoms with Crippen molar-refractivity contribution in [3.8, 4) is 0 Å². The van der Waals surface area contributed by atoms with E-state index in [0.717, 1.165) is 0 Å². The summed E-state index contributed by atoms with van der Waals surface area (Å²) in [5.74, 6) is -0.541. The van der Waals surface area contributed by atoms with Gasteiger partial charge in [-0.3, -0.25) is 9.59 Å². The molecule has 0 aliphatic heterocycles. The lowest BCUT2D eigenvalue weighted by atomic mass is 10.3. The minimum Gasteiger partial charge on any atom is -0.382 e. The van der Waals surface area contributed by atoms with Gasteiger partial charge in [0.1, 0.15) is 6.10 Å². The van der Waals surface area contributed by atoms with Gasteiger partial charge in [0.2, 0.25) is 5.78 Å². The molecule has 0 fully saturated rings. The number of ketones is 1. The highest BCUT2D eigenvalue weighted by atomic mass is 16.5. The van der Waals surface area contributed by atoms with Crippen LogP contribution in [-0.2, 0) is 19.1 Å². The number of ether oxygens (including phenoxy) is 2. The Morgan fingerprint density at radius 3 is 2.64 bits per heavy atom. The lowest BCUT2D eigenvalue weighted by molar-refractivity contribution is -0.137. The highest BCUT2D eigenvalue weighted by molar-refractivity contribution is 6.26. The molecule has 0 rings (SSSR count). The van der Waals surface area contributed by atoms with Crippen LogP contribution in [0.15, 0.2) is 0 Å². The van der Waals surface area contributed by atoms with Crippen LogP contribution >= 0.6 is 0 Å². The number of aldehydes is 1. The SMILES string of the molecule is COCCOC(C)C(=O)C=O. The van der Waals surface area contributed by atoms with Gasteiger partial charge in [0.05, 0.1) is 13.2 Å². The van der Waals surface area contributed by atoms with Gasteiger partial charge in [0.25, 0.3) is 0 Å². The Balaban J connectivity index is 3.43. The van der Waals surface area contributed by atoms with Crippen LogP contribution in [0.2, 0.25) is 0 Å². The molecule has 0 spiro atoms. The molecule has 11 heavy (non-hydrogen) atoms. The first kappa shape index (κ1) is 10.3. The summed E-state index contributed by atoms with van der Waals surface area (Å²) in [5, 5.41) is 0. The van der Waals surface area contributed by atoms with E-state index in [4.69, 9.17) is 4.74 Å². The molecule has 0 radical (unpaired) electrons. The van der Waals surface area contributed by atoms with Gasteiger partial charge in [-0.05, 0) is 6.92 Å². The Kier molecular flexibility index (Phi) is 5.60. The van der Waals surface area contributed by atoms with Crippen molar-refractivity contribution in [3.63, 3.8) is 0 Å². The standard InChI is InChI=1S/C7H12O4/c1-6(7(9)5-8)11-4-3-10-2/h5-6H,3-4H2,1-2H3. The molecule has 0 saturated carbocycles. The van der Waals surface area contributed by atoms with E-state index in [0.29, 0.717) is 13.2 Å². The lowest BCUT2D eigenvalue weighted by Crippen LogP contribution is -2.23. The van der Waals surface area contributed by atoms with Crippen molar-refractivity contribution in [2.45, 2.75) is 13.0 Å². The topological polar surface area (TPSA) is 52.6 Å². The molecule has 4 heteroatoms. The predicted molar refractivity (Wildman–Crippen MR) is 38.4 cm³/mol. The quantitative estimate of drug-likeness (QED) is 0.307. The van der Waals surface area contributed by atoms with Crippen molar-refractivity contribution in [2.24, 2.45) is 0 Å². The third kappa shape index (κ3) is 4.64. The maximum Gasteiger partial charge on any atom is 0.223 e. The van der Waals surface area contributed by atoms with E-state index in [2.05, 4.69) is 4.74 Å². The average Bonchev–Trinajstić information content (AvgIpc) is 2.03. The van der Waals surface area contributed by atoms with Gasteiger partial charge < -0.3 is 9.47 Å². The molecule has 0 aromatic heterocycles. The van der Waals surface area contributed by atoms with Crippen LogP contribution in [0, 0.1) is 0 Å². The van der Waals surface area contributed by atoms with Crippen molar-refractivity contribution in [3.05, 3.63) is 0 Å². The summed E-state index contributed by atoms with van der Waals surface area (Å²) in [6, 6.07) is 0. The summed E-state index contributed by atoms with van der Waals surface area (Å²) in [7, 11) is 1.54. The molecule has 0 amide bonds. The second kappa shape index (κ2) is 6.00. The third-order valence-corrected chi connectivity index (χ3v) is 1.17. The number of rotatable bonds is 6. The van der Waals surface area contributed by atoms with E-state index in [-0.39, 0.29) is 6.29 Å². The van der Waals surface area contributed by atoms with Crippen molar-refractivity contribution in [2.75, 3.05) is 20.3 Å². The van der Waals surface area contributed by atoms with Crippen LogP contribution in [0.4, 0.5) is 0 Å². The number of methoxy groups -OCH3 is 1. The maximum atomic E-state index is 10.6. The van der Waals surface area contributed by atoms with Gasteiger partial charge in [0.15, 0.2) is 6.29 Å². The molecule has 0 aliphatic rings. The van der Waals surface area contributed by atoms with E-state index in [1.165, 1.54) is 14.0 Å². The lowest BCUT2D eigenvalue weighted by Gasteiger charge is -2.07. The van der Waals surface area contributed by atoms with E-state index >= 15 is 0 Å². The highest BCUT2D eigenvalue weighted by Crippen LogP contribution is 1.89. The fraction of sp³-hybridized carbons (Fsp3) is 0.714. The Morgan fingerprint density at radius 1 is 1.55 bits per heavy atom. The first-order valence-electron chi connectivity index (χ1n) is 3.32. The van der Waals surface area contributed by atoms with E-state index in [1.807, 2.05) is 0 Å². The van der Waals surface area contributed by atoms with E-state index < -0.39 is 11.9 Å². The minimum absolute atomic E-state index is 0.261. The molecule has 1 unspecified atom stereocenters. The fourth-order valence-electron chi connectivity index (χ4n) is 0.486. The molecule has 0 aromatic carbocycles. The molecule has 0 aliphatic carbocycles. The van der Waals surface area contributed by atoms with E-state index in [1.54, 1.807) is 0 Å². The number of hydrogen-bond acceptors (Lipinski definition) is 4. The first-order valence-corrected chi connectivity index (χ1v) is 3.32. The average molecular weight is 160 g/mol. The highest BCUT2D eigenvalue weighted by Gasteiger charge is 2.10. The zero-order valence-corrected chi connectivity index (χ0v) is 6.70. The molecule has 0 heterocycles. The molecular formula is C7H12O4. The summed E-state index contributed by atoms with van der Waals surface area (Å²) in [6.07, 6.45) is -0.389. The minimum atomic E-state index is -0.650. The zero-order chi connectivity index (χ0) is 8.69. The van der Waals surface area contributed by atoms with Gasteiger partial charge in [-0.1, -0.05) is 0 Å². The molecule has 0 aromatic rings. The first-order chi connectivity index (χ1) is 5.22. The van der Waals surface area contributed by atoms with Gasteiger partial charge in [-0.15, -0.1) is 0 Å². The number of carbonyl (C=O) groups excluding carboxylic acids is 2. The van der Waals surface area contributed by atoms with Crippen molar-refractivity contribution in [1.82, 2.24) is 0 Å². The second-order valence-electron chi connectivity index (χ2n) is 2.03. The zero-order valence-electron chi connectivity index (χ0n) is 6.70. The Morgan fingerprint density at radius 2 is 2.18 bits per heavy atom. The summed E-state index contributed by atoms with van der Waals surface area (Å²) in [4.78, 5) is 20.5. The smallest absolute Gasteiger partial charge is 0.223 e. The molecule has 0 N–H and O–H groups in total. The molecule has 64 valence electrons. The Hall–Kier alpha value is -0.740. The second-order valence-corrected chi connectivity index (χ2v) is 2.03. The normalized spacial score (nSPS) is 12.5. The van der Waals surface area contributed by atoms with Crippen LogP contribution in [0.3, 0.4) is 0 Å². The van der Waals surface area contributed by atoms with E-state index in [9.17, 15) is 9.59 Å². The van der Waals surface area contributed by atoms with Crippen molar-refractivity contribution >= 4 is 12.1 Å². The van der Waals surface area contributed by atoms with Crippen LogP contribution in [0.5, 0.6) is 0 Å². The predicted octanol–water partition coefficient (Wildman–Crippen LogP) is -0.194. The largest absolute Gasteiger partial charge is 0.382 e. The number of carbonyl (C=O) groups is 2. The molecular weight excluding hydrogens is 148 g/mol. The monoisotopic (exact) mass is 160 g/mol. The van der Waals surface area contributed by atoms with Gasteiger partial charge in [-0.25, -0.2) is 0 Å². The maximum absolute atomic E-state index is 10.6. The molecule has 4 nitrogen and oxygen atoms in total. The van der Waals surface area contributed by atoms with Gasteiger partial charge in [-0.2, -0.15) is 0 Å². The molecule has 0 saturated heterocycles. The Bertz CT molecular complexity index is 132. The van der Waals surface area contributed by atoms with Crippen LogP contribution in [0.25, 0.3) is 0 Å². The van der Waals surface area contributed by atoms with Gasteiger partial charge in [0, 0.05) is 7.11 Å². The van der Waals surface area contributed by atoms with Crippen LogP contribution in [-0.4, -0.2) is 38.5 Å². The summed E-state index contributed by atoms with van der Waals surface area (Å²) in [6.45, 7) is 2.29. The van der Waals surface area contributed by atoms with Crippen molar-refractivity contribution < 1.29 is 19.1 Å². The Labute approximate surface area is 65.5 Å². The number of Topliss-reactive ketones (excluding diaryl/α,β-unsaturated/α-hetero) is 1. The summed E-state index contributed by atoms with van der Waals surface area (Å²) in [5.41, 5.74) is 0. The van der Waals surface area contributed by atoms with Crippen molar-refractivity contribution in [1.29, 1.82) is 0 Å². The number of hydrogen-bond donors (Lipinski definition) is 0. The van der Waals surface area contributed by atoms with Crippen LogP contribution < -0.4 is 0 Å². The van der Waals surface area contributed by atoms with Crippen LogP contribution in [0.1, 0.15) is 6.92 Å². The molecule has 0 bridgehead atoms. The summed E-state index contributed by atoms with van der Waals surface area (Å²) < 4.78 is 9.61. The summed E-state index contributed by atoms with van der Waals surface area (Å²) >= 11 is 0. The van der Waals surface area contributed by atoms with Gasteiger partial charge >= 0.3 is 0 Å².